The minimum atomic E-state index is 1.25. The van der Waals surface area contributed by atoms with Crippen molar-refractivity contribution < 1.29 is 0 Å². The standard InChI is InChI=1S/C48H28/c1-2-8-30-18-41-27-45-35(21-39(41)17-29(30)7-1)14-15-36-22-40-25-38-24-37(16-13-33(38)19-42(40)28-46(36)45)48-44-12-6-5-11-34(44)23-43-20-31-9-3-4-10-32(31)26-47(43)48/h1-28H. The summed E-state index contributed by atoms with van der Waals surface area (Å²) in [6.07, 6.45) is 0. The summed E-state index contributed by atoms with van der Waals surface area (Å²) < 4.78 is 0. The summed E-state index contributed by atoms with van der Waals surface area (Å²) in [6, 6.07) is 63.7. The van der Waals surface area contributed by atoms with Crippen LogP contribution in [0.5, 0.6) is 0 Å². The van der Waals surface area contributed by atoms with Crippen LogP contribution in [0.4, 0.5) is 0 Å². The summed E-state index contributed by atoms with van der Waals surface area (Å²) in [5.74, 6) is 0. The van der Waals surface area contributed by atoms with Gasteiger partial charge in [-0.3, -0.25) is 0 Å². The Morgan fingerprint density at radius 2 is 0.542 bits per heavy atom. The molecule has 0 saturated carbocycles. The van der Waals surface area contributed by atoms with Gasteiger partial charge in [0.15, 0.2) is 0 Å². The number of hydrogen-bond donors (Lipinski definition) is 0. The third-order valence-corrected chi connectivity index (χ3v) is 10.6. The molecule has 220 valence electrons. The summed E-state index contributed by atoms with van der Waals surface area (Å²) in [5.41, 5.74) is 2.56. The average molecular weight is 605 g/mol. The van der Waals surface area contributed by atoms with Gasteiger partial charge < -0.3 is 0 Å². The predicted molar refractivity (Wildman–Crippen MR) is 209 cm³/mol. The highest BCUT2D eigenvalue weighted by molar-refractivity contribution is 6.19. The van der Waals surface area contributed by atoms with Crippen molar-refractivity contribution in [3.05, 3.63) is 170 Å². The summed E-state index contributed by atoms with van der Waals surface area (Å²) in [6.45, 7) is 0. The second-order valence-corrected chi connectivity index (χ2v) is 13.4. The quantitative estimate of drug-likeness (QED) is 0.129. The molecule has 11 aromatic rings. The molecule has 0 aliphatic heterocycles. The molecule has 0 saturated heterocycles. The van der Waals surface area contributed by atoms with Crippen LogP contribution in [0, 0.1) is 0 Å². The zero-order valence-corrected chi connectivity index (χ0v) is 26.2. The maximum atomic E-state index is 2.40. The Labute approximate surface area is 277 Å². The van der Waals surface area contributed by atoms with Crippen LogP contribution in [-0.2, 0) is 0 Å². The zero-order chi connectivity index (χ0) is 31.3. The first-order valence-electron chi connectivity index (χ1n) is 16.7. The molecule has 0 N–H and O–H groups in total. The normalized spacial score (nSPS) is 12.2. The molecule has 0 nitrogen and oxygen atoms in total. The first-order valence-corrected chi connectivity index (χ1v) is 16.7. The van der Waals surface area contributed by atoms with Gasteiger partial charge in [0.05, 0.1) is 0 Å². The molecule has 11 rings (SSSR count). The fourth-order valence-corrected chi connectivity index (χ4v) is 8.22. The minimum absolute atomic E-state index is 1.25. The van der Waals surface area contributed by atoms with Crippen molar-refractivity contribution >= 4 is 97.0 Å². The van der Waals surface area contributed by atoms with Crippen LogP contribution < -0.4 is 0 Å². The molecule has 0 heteroatoms. The van der Waals surface area contributed by atoms with Crippen molar-refractivity contribution in [2.75, 3.05) is 0 Å². The second kappa shape index (κ2) is 9.64. The summed E-state index contributed by atoms with van der Waals surface area (Å²) in [5, 5.41) is 23.1. The van der Waals surface area contributed by atoms with Gasteiger partial charge in [-0.2, -0.15) is 0 Å². The van der Waals surface area contributed by atoms with Crippen molar-refractivity contribution in [1.29, 1.82) is 0 Å². The highest BCUT2D eigenvalue weighted by atomic mass is 14.2. The van der Waals surface area contributed by atoms with Gasteiger partial charge in [-0.25, -0.2) is 0 Å². The van der Waals surface area contributed by atoms with Crippen molar-refractivity contribution in [1.82, 2.24) is 0 Å². The van der Waals surface area contributed by atoms with Gasteiger partial charge >= 0.3 is 0 Å². The number of benzene rings is 11. The van der Waals surface area contributed by atoms with E-state index in [0.29, 0.717) is 0 Å². The van der Waals surface area contributed by atoms with E-state index in [2.05, 4.69) is 170 Å². The Bertz CT molecular complexity index is 3160. The van der Waals surface area contributed by atoms with E-state index in [1.807, 2.05) is 0 Å². The highest BCUT2D eigenvalue weighted by Crippen LogP contribution is 2.40. The van der Waals surface area contributed by atoms with E-state index in [0.717, 1.165) is 0 Å². The van der Waals surface area contributed by atoms with Crippen LogP contribution in [0.1, 0.15) is 0 Å². The smallest absolute Gasteiger partial charge is 0.00264 e. The van der Waals surface area contributed by atoms with Crippen molar-refractivity contribution in [3.63, 3.8) is 0 Å². The van der Waals surface area contributed by atoms with Crippen LogP contribution in [0.3, 0.4) is 0 Å². The fraction of sp³-hybridized carbons (Fsp3) is 0. The molecule has 0 atom stereocenters. The molecule has 0 spiro atoms. The van der Waals surface area contributed by atoms with Gasteiger partial charge in [0.2, 0.25) is 0 Å². The largest absolute Gasteiger partial charge is 0.0616 e. The van der Waals surface area contributed by atoms with E-state index >= 15 is 0 Å². The lowest BCUT2D eigenvalue weighted by molar-refractivity contribution is 1.72. The molecule has 0 aromatic heterocycles. The number of fused-ring (bicyclic) bond motifs is 10. The van der Waals surface area contributed by atoms with Crippen molar-refractivity contribution in [2.45, 2.75) is 0 Å². The lowest BCUT2D eigenvalue weighted by atomic mass is 9.89. The highest BCUT2D eigenvalue weighted by Gasteiger charge is 2.13. The van der Waals surface area contributed by atoms with Gasteiger partial charge in [-0.15, -0.1) is 0 Å². The topological polar surface area (TPSA) is 0 Å². The first-order chi connectivity index (χ1) is 23.7. The van der Waals surface area contributed by atoms with Gasteiger partial charge in [0.25, 0.3) is 0 Å². The Hall–Kier alpha value is -6.24. The molecular formula is C48H28. The summed E-state index contributed by atoms with van der Waals surface area (Å²) in [7, 11) is 0. The molecule has 48 heavy (non-hydrogen) atoms. The van der Waals surface area contributed by atoms with E-state index in [9.17, 15) is 0 Å². The predicted octanol–water partition coefficient (Wildman–Crippen LogP) is 13.7. The maximum absolute atomic E-state index is 2.40. The first kappa shape index (κ1) is 25.9. The van der Waals surface area contributed by atoms with Crippen molar-refractivity contribution in [2.24, 2.45) is 0 Å². The molecule has 0 bridgehead atoms. The summed E-state index contributed by atoms with van der Waals surface area (Å²) >= 11 is 0. The van der Waals surface area contributed by atoms with Crippen LogP contribution in [0.2, 0.25) is 0 Å². The lowest BCUT2D eigenvalue weighted by Gasteiger charge is -2.14. The molecule has 0 amide bonds. The van der Waals surface area contributed by atoms with Gasteiger partial charge in [0, 0.05) is 0 Å². The van der Waals surface area contributed by atoms with Gasteiger partial charge in [0.1, 0.15) is 0 Å². The third-order valence-electron chi connectivity index (χ3n) is 10.6. The Kier molecular flexibility index (Phi) is 5.20. The number of hydrogen-bond acceptors (Lipinski definition) is 0. The van der Waals surface area contributed by atoms with Crippen LogP contribution in [-0.4, -0.2) is 0 Å². The fourth-order valence-electron chi connectivity index (χ4n) is 8.22. The van der Waals surface area contributed by atoms with Gasteiger partial charge in [-0.1, -0.05) is 97.1 Å². The van der Waals surface area contributed by atoms with E-state index < -0.39 is 0 Å². The SMILES string of the molecule is c1ccc2cc3cc4c(ccc5cc6cc7cc(-c8c9ccccc9cc9cc%10ccccc%10cc89)ccc7cc6cc54)cc3cc2c1. The zero-order valence-electron chi connectivity index (χ0n) is 26.2. The monoisotopic (exact) mass is 604 g/mol. The van der Waals surface area contributed by atoms with E-state index in [4.69, 9.17) is 0 Å². The Morgan fingerprint density at radius 3 is 1.17 bits per heavy atom. The molecule has 0 unspecified atom stereocenters. The molecule has 11 aromatic carbocycles. The van der Waals surface area contributed by atoms with Crippen LogP contribution in [0.25, 0.3) is 108 Å². The lowest BCUT2D eigenvalue weighted by Crippen LogP contribution is -1.87. The molecule has 0 radical (unpaired) electrons. The maximum Gasteiger partial charge on any atom is -0.00264 e. The molecule has 0 aliphatic carbocycles. The average Bonchev–Trinajstić information content (AvgIpc) is 3.12. The van der Waals surface area contributed by atoms with Crippen LogP contribution >= 0.6 is 0 Å². The van der Waals surface area contributed by atoms with E-state index in [1.54, 1.807) is 0 Å². The van der Waals surface area contributed by atoms with Crippen LogP contribution in [0.15, 0.2) is 170 Å². The van der Waals surface area contributed by atoms with Crippen molar-refractivity contribution in [3.8, 4) is 11.1 Å². The second-order valence-electron chi connectivity index (χ2n) is 13.4. The Balaban J connectivity index is 1.12. The third kappa shape index (κ3) is 3.84. The molecule has 0 fully saturated rings. The Morgan fingerprint density at radius 1 is 0.188 bits per heavy atom. The molecule has 0 aliphatic rings. The summed E-state index contributed by atoms with van der Waals surface area (Å²) in [4.78, 5) is 0. The minimum Gasteiger partial charge on any atom is -0.0616 e. The van der Waals surface area contributed by atoms with E-state index in [-0.39, 0.29) is 0 Å². The van der Waals surface area contributed by atoms with Gasteiger partial charge in [-0.05, 0) is 181 Å². The van der Waals surface area contributed by atoms with E-state index in [1.165, 1.54) is 108 Å². The molecule has 0 heterocycles. The number of rotatable bonds is 1. The molecular weight excluding hydrogens is 577 g/mol.